The minimum atomic E-state index is -1.54. The average molecular weight is 234 g/mol. The second kappa shape index (κ2) is 6.73. The van der Waals surface area contributed by atoms with Gasteiger partial charge in [0.05, 0.1) is 0 Å². The summed E-state index contributed by atoms with van der Waals surface area (Å²) in [5.74, 6) is 0.628. The molecular weight excluding hydrogens is 208 g/mol. The summed E-state index contributed by atoms with van der Waals surface area (Å²) < 4.78 is 6.02. The summed E-state index contributed by atoms with van der Waals surface area (Å²) in [6.07, 6.45) is 0. The summed E-state index contributed by atoms with van der Waals surface area (Å²) in [7, 11) is -1.84. The Morgan fingerprint density at radius 1 is 1.43 bits per heavy atom. The molecule has 0 aliphatic carbocycles. The first kappa shape index (κ1) is 14.3. The van der Waals surface area contributed by atoms with Gasteiger partial charge in [-0.3, -0.25) is 0 Å². The van der Waals surface area contributed by atoms with Crippen molar-refractivity contribution in [3.05, 3.63) is 0 Å². The Kier molecular flexibility index (Phi) is 6.89. The Morgan fingerprint density at radius 2 is 2.00 bits per heavy atom. The fraction of sp³-hybridized carbons (Fsp3) is 1.00. The highest BCUT2D eigenvalue weighted by atomic mass is 28.4. The maximum absolute atomic E-state index is 6.02. The molecule has 0 heterocycles. The number of nitrogens with two attached hydrogens (primary N) is 1. The van der Waals surface area contributed by atoms with Crippen molar-refractivity contribution in [3.8, 4) is 0 Å². The summed E-state index contributed by atoms with van der Waals surface area (Å²) >= 11 is 0. The van der Waals surface area contributed by atoms with Crippen LogP contribution < -0.4 is 11.1 Å². The Hall–Kier alpha value is 0.314. The molecule has 3 N–H and O–H groups in total. The first-order valence-corrected chi connectivity index (χ1v) is 10.5. The molecule has 0 amide bonds. The molecule has 0 aromatic heterocycles. The predicted octanol–water partition coefficient (Wildman–Crippen LogP) is 0.452. The number of hydrogen-bond acceptors (Lipinski definition) is 3. The van der Waals surface area contributed by atoms with Crippen LogP contribution in [0.2, 0.25) is 19.6 Å². The summed E-state index contributed by atoms with van der Waals surface area (Å²) in [6, 6.07) is 0. The highest BCUT2D eigenvalue weighted by Crippen LogP contribution is 2.16. The normalized spacial score (nSPS) is 15.6. The fourth-order valence-electron chi connectivity index (χ4n) is 1.98. The topological polar surface area (TPSA) is 47.3 Å². The molecule has 0 aromatic carbocycles. The van der Waals surface area contributed by atoms with E-state index < -0.39 is 8.32 Å². The number of rotatable bonds is 7. The lowest BCUT2D eigenvalue weighted by molar-refractivity contribution is 0.439. The lowest BCUT2D eigenvalue weighted by Crippen LogP contribution is -2.57. The molecule has 86 valence electrons. The average Bonchev–Trinajstić information content (AvgIpc) is 2.03. The van der Waals surface area contributed by atoms with Crippen LogP contribution in [0.1, 0.15) is 13.8 Å². The number of nitrogens with one attached hydrogen (secondary N) is 1. The van der Waals surface area contributed by atoms with E-state index in [4.69, 9.17) is 9.85 Å². The molecule has 0 saturated carbocycles. The van der Waals surface area contributed by atoms with Gasteiger partial charge in [0.2, 0.25) is 0 Å². The van der Waals surface area contributed by atoms with Gasteiger partial charge in [0, 0.05) is 18.8 Å². The third-order valence-corrected chi connectivity index (χ3v) is 8.94. The fourth-order valence-corrected chi connectivity index (χ4v) is 7.92. The second-order valence-electron chi connectivity index (χ2n) is 4.50. The van der Waals surface area contributed by atoms with Crippen molar-refractivity contribution >= 4 is 18.1 Å². The summed E-state index contributed by atoms with van der Waals surface area (Å²) in [5.41, 5.74) is 6.04. The third kappa shape index (κ3) is 4.70. The summed E-state index contributed by atoms with van der Waals surface area (Å²) in [6.45, 7) is 12.9. The molecule has 0 aromatic rings. The van der Waals surface area contributed by atoms with Gasteiger partial charge in [-0.1, -0.05) is 20.4 Å². The molecule has 0 saturated heterocycles. The minimum Gasteiger partial charge on any atom is -0.460 e. The van der Waals surface area contributed by atoms with E-state index in [1.807, 2.05) is 0 Å². The van der Waals surface area contributed by atoms with E-state index in [0.29, 0.717) is 18.1 Å². The Labute approximate surface area is 91.9 Å². The second-order valence-corrected chi connectivity index (χ2v) is 10.1. The van der Waals surface area contributed by atoms with Gasteiger partial charge in [-0.15, -0.1) is 0 Å². The number of hydrogen-bond donors (Lipinski definition) is 2. The molecule has 0 spiro atoms. The van der Waals surface area contributed by atoms with Gasteiger partial charge >= 0.3 is 0 Å². The van der Waals surface area contributed by atoms with E-state index in [0.717, 1.165) is 6.54 Å². The Morgan fingerprint density at radius 3 is 2.36 bits per heavy atom. The Balaban J connectivity index is 4.30. The third-order valence-electron chi connectivity index (χ3n) is 2.44. The molecule has 1 atom stereocenters. The van der Waals surface area contributed by atoms with Crippen LogP contribution in [0.15, 0.2) is 0 Å². The van der Waals surface area contributed by atoms with Gasteiger partial charge in [-0.2, -0.15) is 0 Å². The highest BCUT2D eigenvalue weighted by Gasteiger charge is 2.34. The van der Waals surface area contributed by atoms with E-state index in [1.54, 1.807) is 0 Å². The summed E-state index contributed by atoms with van der Waals surface area (Å²) in [5, 5.41) is 3.53. The molecule has 0 bridgehead atoms. The summed E-state index contributed by atoms with van der Waals surface area (Å²) in [4.78, 5) is 0. The maximum atomic E-state index is 6.02. The highest BCUT2D eigenvalue weighted by molar-refractivity contribution is 6.76. The molecule has 0 aliphatic rings. The van der Waals surface area contributed by atoms with Gasteiger partial charge in [0.25, 0.3) is 0 Å². The first-order chi connectivity index (χ1) is 6.45. The van der Waals surface area contributed by atoms with Crippen LogP contribution >= 0.6 is 0 Å². The molecular formula is C9H26N2OSi2. The van der Waals surface area contributed by atoms with Crippen LogP contribution in [0.4, 0.5) is 0 Å². The zero-order valence-electron chi connectivity index (χ0n) is 10.3. The predicted molar refractivity (Wildman–Crippen MR) is 68.7 cm³/mol. The minimum absolute atomic E-state index is 0.298. The van der Waals surface area contributed by atoms with Gasteiger partial charge in [-0.05, 0) is 19.0 Å². The first-order valence-electron chi connectivity index (χ1n) is 5.53. The van der Waals surface area contributed by atoms with E-state index in [-0.39, 0.29) is 9.76 Å². The van der Waals surface area contributed by atoms with Crippen LogP contribution in [-0.4, -0.2) is 36.8 Å². The molecule has 0 rings (SSSR count). The van der Waals surface area contributed by atoms with Crippen molar-refractivity contribution in [3.63, 3.8) is 0 Å². The smallest absolute Gasteiger partial charge is 0.190 e. The van der Waals surface area contributed by atoms with Crippen LogP contribution in [0.3, 0.4) is 0 Å². The maximum Gasteiger partial charge on any atom is 0.190 e. The standard InChI is InChI=1S/C9H26N2OSi2/c1-8(2)9(11-7-6-10)14(4,5)12-13-3/h8-9,11H,6-7,10,13H2,1-5H3. The van der Waals surface area contributed by atoms with E-state index in [1.165, 1.54) is 0 Å². The van der Waals surface area contributed by atoms with Crippen LogP contribution in [0, 0.1) is 5.92 Å². The molecule has 0 radical (unpaired) electrons. The molecule has 1 unspecified atom stereocenters. The van der Waals surface area contributed by atoms with Crippen molar-refractivity contribution in [1.82, 2.24) is 5.32 Å². The largest absolute Gasteiger partial charge is 0.460 e. The molecule has 5 heteroatoms. The zero-order chi connectivity index (χ0) is 11.2. The van der Waals surface area contributed by atoms with Gasteiger partial charge in [0.1, 0.15) is 9.76 Å². The monoisotopic (exact) mass is 234 g/mol. The van der Waals surface area contributed by atoms with Crippen LogP contribution in [0.5, 0.6) is 0 Å². The van der Waals surface area contributed by atoms with Gasteiger partial charge in [0.15, 0.2) is 8.32 Å². The van der Waals surface area contributed by atoms with Crippen molar-refractivity contribution in [2.75, 3.05) is 13.1 Å². The van der Waals surface area contributed by atoms with Crippen molar-refractivity contribution in [1.29, 1.82) is 0 Å². The van der Waals surface area contributed by atoms with Gasteiger partial charge in [-0.25, -0.2) is 0 Å². The zero-order valence-corrected chi connectivity index (χ0v) is 12.7. The van der Waals surface area contributed by atoms with Crippen LogP contribution in [0.25, 0.3) is 0 Å². The van der Waals surface area contributed by atoms with Crippen LogP contribution in [-0.2, 0) is 4.12 Å². The van der Waals surface area contributed by atoms with Gasteiger partial charge < -0.3 is 15.2 Å². The van der Waals surface area contributed by atoms with E-state index in [9.17, 15) is 0 Å². The molecule has 0 fully saturated rings. The lowest BCUT2D eigenvalue weighted by Gasteiger charge is -2.36. The van der Waals surface area contributed by atoms with Crippen molar-refractivity contribution in [2.45, 2.75) is 39.2 Å². The molecule has 0 aliphatic heterocycles. The van der Waals surface area contributed by atoms with Crippen molar-refractivity contribution in [2.24, 2.45) is 11.7 Å². The van der Waals surface area contributed by atoms with Crippen molar-refractivity contribution < 1.29 is 4.12 Å². The lowest BCUT2D eigenvalue weighted by atomic mass is 10.2. The molecule has 14 heavy (non-hydrogen) atoms. The SMILES string of the molecule is C[SiH2]O[Si](C)(C)C(NCCN)C(C)C. The van der Waals surface area contributed by atoms with E-state index >= 15 is 0 Å². The van der Waals surface area contributed by atoms with E-state index in [2.05, 4.69) is 38.8 Å². The quantitative estimate of drug-likeness (QED) is 0.629. The molecule has 3 nitrogen and oxygen atoms in total. The Bertz CT molecular complexity index is 154.